The van der Waals surface area contributed by atoms with E-state index in [1.54, 1.807) is 0 Å². The average Bonchev–Trinajstić information content (AvgIpc) is 0.793. The molecule has 0 aliphatic rings. The van der Waals surface area contributed by atoms with Gasteiger partial charge in [-0.3, -0.25) is 0 Å². The van der Waals surface area contributed by atoms with Crippen molar-refractivity contribution in [2.75, 3.05) is 19.6 Å². The fourth-order valence-electron chi connectivity index (χ4n) is 21.5. The zero-order valence-electron chi connectivity index (χ0n) is 75.7. The lowest BCUT2D eigenvalue weighted by molar-refractivity contribution is 0.572. The lowest BCUT2D eigenvalue weighted by Crippen LogP contribution is -2.13. The van der Waals surface area contributed by atoms with Gasteiger partial charge in [0.2, 0.25) is 0 Å². The number of hydrogen-bond donors (Lipinski definition) is 0. The molecule has 0 aliphatic carbocycles. The van der Waals surface area contributed by atoms with Crippen LogP contribution in [0.25, 0.3) is 175 Å². The third-order valence-electron chi connectivity index (χ3n) is 27.7. The van der Waals surface area contributed by atoms with E-state index in [2.05, 4.69) is 488 Å². The Bertz CT molecular complexity index is 8620. The summed E-state index contributed by atoms with van der Waals surface area (Å²) in [4.78, 5) is 9.61. The summed E-state index contributed by atoms with van der Waals surface area (Å²) < 4.78 is 28.3. The van der Waals surface area contributed by atoms with Gasteiger partial charge in [-0.05, 0) is 175 Å². The summed E-state index contributed by atoms with van der Waals surface area (Å²) in [5.41, 5.74) is 28.7. The average molecular weight is 1730 g/mol. The Morgan fingerprint density at radius 1 is 0.172 bits per heavy atom. The second kappa shape index (κ2) is 31.0. The molecule has 26 rings (SSSR count). The molecular formula is C126H92N4O4. The second-order valence-electron chi connectivity index (χ2n) is 37.8. The van der Waals surface area contributed by atoms with Gasteiger partial charge < -0.3 is 37.3 Å². The molecule has 8 nitrogen and oxygen atoms in total. The molecule has 640 valence electrons. The van der Waals surface area contributed by atoms with Crippen molar-refractivity contribution in [3.8, 4) is 22.3 Å². The molecule has 0 N–H and O–H groups in total. The van der Waals surface area contributed by atoms with Crippen LogP contribution in [0.4, 0.5) is 68.2 Å². The molecule has 134 heavy (non-hydrogen) atoms. The van der Waals surface area contributed by atoms with Crippen LogP contribution in [0.5, 0.6) is 0 Å². The maximum Gasteiger partial charge on any atom is 0.159 e. The van der Waals surface area contributed by atoms with Gasteiger partial charge in [-0.25, -0.2) is 0 Å². The summed E-state index contributed by atoms with van der Waals surface area (Å²) in [5.74, 6) is 0. The molecule has 4 heterocycles. The fourth-order valence-corrected chi connectivity index (χ4v) is 21.5. The number of furan rings is 4. The van der Waals surface area contributed by atoms with Crippen LogP contribution in [0, 0.1) is 13.8 Å². The number of benzene rings is 22. The van der Waals surface area contributed by atoms with E-state index in [9.17, 15) is 0 Å². The van der Waals surface area contributed by atoms with Crippen LogP contribution in [0.15, 0.2) is 430 Å². The van der Waals surface area contributed by atoms with Gasteiger partial charge in [0.05, 0.1) is 45.5 Å². The molecule has 0 fully saturated rings. The number of anilines is 12. The monoisotopic (exact) mass is 1720 g/mol. The van der Waals surface area contributed by atoms with Crippen LogP contribution in [0.3, 0.4) is 0 Å². The zero-order chi connectivity index (χ0) is 89.9. The number of aryl methyl sites for hydroxylation is 2. The van der Waals surface area contributed by atoms with Crippen molar-refractivity contribution >= 4 is 221 Å². The smallest absolute Gasteiger partial charge is 0.159 e. The highest BCUT2D eigenvalue weighted by atomic mass is 16.3. The van der Waals surface area contributed by atoms with Crippen LogP contribution in [0.2, 0.25) is 0 Å². The zero-order valence-corrected chi connectivity index (χ0v) is 75.7. The maximum atomic E-state index is 7.08. The standard InChI is InChI=1S/C64H40N2O2.C62H52N2O2/c1-5-17-41(18-6-1)47-25-13-27-49-51-29-15-31-57(63(51)67-61(47)49)65(45-21-9-3-10-22-45)55-39-35-43-34-38-54-56(40-36-44-33-37-53(55)59(43)60(44)54)66(46-23-11-4-12-24-46)58-32-16-30-52-50-28-14-26-48(62(50)68-64(52)58)42-19-7-2-8-20-42;1-37-17-9-11-25-49(37)63(53-27-15-21-43-41-19-13-23-47(61(3,4)5)57(41)65-59(43)53)51-35-31-39-30-34-46-52(36-32-40-29-33-45(51)55(39)56(40)46)64(50-26-12-10-18-38(50)2)54-28-16-22-44-42-20-14-24-48(62(6,7)8)58(42)66-60(44)54/h1-40H;9-36H,1-8H3. The van der Waals surface area contributed by atoms with Gasteiger partial charge in [0.25, 0.3) is 0 Å². The lowest BCUT2D eigenvalue weighted by Gasteiger charge is -2.30. The Morgan fingerprint density at radius 3 is 0.724 bits per heavy atom. The van der Waals surface area contributed by atoms with Gasteiger partial charge in [-0.2, -0.15) is 0 Å². The first-order chi connectivity index (χ1) is 65.6. The first kappa shape index (κ1) is 79.5. The van der Waals surface area contributed by atoms with Gasteiger partial charge in [0, 0.05) is 110 Å². The van der Waals surface area contributed by atoms with Gasteiger partial charge in [-0.15, -0.1) is 0 Å². The van der Waals surface area contributed by atoms with Crippen LogP contribution in [0.1, 0.15) is 63.8 Å². The number of nitrogens with zero attached hydrogens (tertiary/aromatic N) is 4. The summed E-state index contributed by atoms with van der Waals surface area (Å²) >= 11 is 0. The van der Waals surface area contributed by atoms with E-state index in [1.807, 2.05) is 0 Å². The lowest BCUT2D eigenvalue weighted by atomic mass is 9.86. The molecular weight excluding hydrogens is 1630 g/mol. The topological polar surface area (TPSA) is 65.5 Å². The van der Waals surface area contributed by atoms with Gasteiger partial charge in [0.1, 0.15) is 22.3 Å². The van der Waals surface area contributed by atoms with Crippen molar-refractivity contribution in [1.29, 1.82) is 0 Å². The van der Waals surface area contributed by atoms with E-state index in [1.165, 1.54) is 76.1 Å². The Hall–Kier alpha value is -16.7. The Labute approximate surface area is 775 Å². The number of hydrogen-bond acceptors (Lipinski definition) is 8. The number of rotatable bonds is 14. The first-order valence-corrected chi connectivity index (χ1v) is 46.4. The maximum absolute atomic E-state index is 7.08. The normalized spacial score (nSPS) is 12.2. The Morgan fingerprint density at radius 2 is 0.410 bits per heavy atom. The summed E-state index contributed by atoms with van der Waals surface area (Å²) in [7, 11) is 0. The summed E-state index contributed by atoms with van der Waals surface area (Å²) in [6.45, 7) is 17.9. The van der Waals surface area contributed by atoms with Crippen molar-refractivity contribution in [3.05, 3.63) is 435 Å². The van der Waals surface area contributed by atoms with E-state index < -0.39 is 0 Å². The largest absolute Gasteiger partial charge is 0.454 e. The first-order valence-electron chi connectivity index (χ1n) is 46.4. The molecule has 0 saturated heterocycles. The second-order valence-corrected chi connectivity index (χ2v) is 37.8. The summed E-state index contributed by atoms with van der Waals surface area (Å²) in [6.07, 6.45) is 0. The SMILES string of the molecule is Cc1ccccc1N(c1ccc2ccc3c(N(c4ccccc4C)c4cccc5c4oc4c(C(C)(C)C)cccc45)ccc4ccc1c2c43)c1cccc2c1oc1c(C(C)(C)C)cccc12.c1ccc(-c2cccc3c2oc2c(N(c4ccccc4)c4ccc5ccc6c(N(c7ccccc7)c7cccc8c7oc7c(-c9ccccc9)cccc78)ccc7ccc4c5c76)cccc23)cc1. The van der Waals surface area contributed by atoms with E-state index in [-0.39, 0.29) is 10.8 Å². The number of fused-ring (bicyclic) bond motifs is 12. The van der Waals surface area contributed by atoms with Crippen molar-refractivity contribution in [1.82, 2.24) is 0 Å². The van der Waals surface area contributed by atoms with Gasteiger partial charge in [0.15, 0.2) is 22.3 Å². The number of para-hydroxylation sites is 12. The third-order valence-corrected chi connectivity index (χ3v) is 27.7. The van der Waals surface area contributed by atoms with E-state index in [4.69, 9.17) is 17.7 Å². The minimum atomic E-state index is -0.0860. The van der Waals surface area contributed by atoms with Crippen molar-refractivity contribution in [3.63, 3.8) is 0 Å². The Balaban J connectivity index is 0.000000143. The van der Waals surface area contributed by atoms with Crippen molar-refractivity contribution < 1.29 is 17.7 Å². The van der Waals surface area contributed by atoms with Crippen molar-refractivity contribution in [2.45, 2.75) is 66.2 Å². The molecule has 0 aliphatic heterocycles. The van der Waals surface area contributed by atoms with E-state index in [0.29, 0.717) is 0 Å². The van der Waals surface area contributed by atoms with Gasteiger partial charge >= 0.3 is 0 Å². The molecule has 26 aromatic rings. The highest BCUT2D eigenvalue weighted by Gasteiger charge is 2.33. The van der Waals surface area contributed by atoms with Crippen LogP contribution in [-0.2, 0) is 10.8 Å². The predicted octanol–water partition coefficient (Wildman–Crippen LogP) is 37.2. The molecule has 0 spiro atoms. The van der Waals surface area contributed by atoms with Crippen LogP contribution >= 0.6 is 0 Å². The van der Waals surface area contributed by atoms with Gasteiger partial charge in [-0.1, -0.05) is 369 Å². The molecule has 22 aromatic carbocycles. The molecule has 8 heteroatoms. The molecule has 4 aromatic heterocycles. The van der Waals surface area contributed by atoms with E-state index in [0.717, 1.165) is 189 Å². The highest BCUT2D eigenvalue weighted by Crippen LogP contribution is 2.56. The minimum Gasteiger partial charge on any atom is -0.454 e. The third kappa shape index (κ3) is 12.6. The molecule has 0 unspecified atom stereocenters. The summed E-state index contributed by atoms with van der Waals surface area (Å²) in [5, 5.41) is 23.1. The van der Waals surface area contributed by atoms with Crippen LogP contribution < -0.4 is 19.6 Å². The quantitative estimate of drug-likeness (QED) is 0.0998. The Kier molecular flexibility index (Phi) is 18.4. The minimum absolute atomic E-state index is 0.0860. The molecule has 0 amide bonds. The van der Waals surface area contributed by atoms with E-state index >= 15 is 0 Å². The molecule has 0 saturated carbocycles. The summed E-state index contributed by atoms with van der Waals surface area (Å²) in [6, 6.07) is 149. The molecule has 0 bridgehead atoms. The molecule has 0 atom stereocenters. The highest BCUT2D eigenvalue weighted by molar-refractivity contribution is 6.31. The van der Waals surface area contributed by atoms with Crippen molar-refractivity contribution in [2.24, 2.45) is 0 Å². The predicted molar refractivity (Wildman–Crippen MR) is 566 cm³/mol. The fraction of sp³-hybridized carbons (Fsp3) is 0.0794. The molecule has 0 radical (unpaired) electrons. The van der Waals surface area contributed by atoms with Crippen LogP contribution in [-0.4, -0.2) is 0 Å².